The third kappa shape index (κ3) is 2.93. The zero-order valence-electron chi connectivity index (χ0n) is 9.16. The molecule has 1 rings (SSSR count). The first-order chi connectivity index (χ1) is 6.15. The molecule has 2 N–H and O–H groups in total. The van der Waals surface area contributed by atoms with E-state index in [0.29, 0.717) is 6.04 Å². The Morgan fingerprint density at radius 1 is 1.54 bits per heavy atom. The number of hydrogen-bond donors (Lipinski definition) is 1. The molecule has 0 saturated carbocycles. The fourth-order valence-electron chi connectivity index (χ4n) is 2.19. The first-order valence-electron chi connectivity index (χ1n) is 5.25. The highest BCUT2D eigenvalue weighted by Gasteiger charge is 2.27. The Morgan fingerprint density at radius 3 is 2.77 bits per heavy atom. The van der Waals surface area contributed by atoms with E-state index in [0.717, 1.165) is 12.6 Å². The minimum absolute atomic E-state index is 0.549. The summed E-state index contributed by atoms with van der Waals surface area (Å²) < 4.78 is 0. The summed E-state index contributed by atoms with van der Waals surface area (Å²) >= 11 is 0. The van der Waals surface area contributed by atoms with Crippen LogP contribution >= 0.6 is 0 Å². The van der Waals surface area contributed by atoms with Gasteiger partial charge in [0.15, 0.2) is 0 Å². The van der Waals surface area contributed by atoms with Crippen molar-refractivity contribution in [1.82, 2.24) is 9.80 Å². The molecule has 0 aromatic carbocycles. The van der Waals surface area contributed by atoms with Crippen LogP contribution in [0.15, 0.2) is 0 Å². The predicted molar refractivity (Wildman–Crippen MR) is 56.8 cm³/mol. The van der Waals surface area contributed by atoms with Crippen LogP contribution in [0.1, 0.15) is 19.8 Å². The fourth-order valence-corrected chi connectivity index (χ4v) is 2.19. The molecule has 0 radical (unpaired) electrons. The molecule has 3 nitrogen and oxygen atoms in total. The van der Waals surface area contributed by atoms with Crippen molar-refractivity contribution in [1.29, 1.82) is 0 Å². The van der Waals surface area contributed by atoms with Gasteiger partial charge in [-0.05, 0) is 40.4 Å². The molecule has 0 spiro atoms. The van der Waals surface area contributed by atoms with Crippen molar-refractivity contribution in [2.75, 3.05) is 33.7 Å². The van der Waals surface area contributed by atoms with Gasteiger partial charge in [-0.15, -0.1) is 0 Å². The van der Waals surface area contributed by atoms with Gasteiger partial charge in [-0.25, -0.2) is 0 Å². The minimum Gasteiger partial charge on any atom is -0.329 e. The van der Waals surface area contributed by atoms with E-state index in [-0.39, 0.29) is 0 Å². The lowest BCUT2D eigenvalue weighted by Gasteiger charge is -2.31. The van der Waals surface area contributed by atoms with Crippen LogP contribution in [0.2, 0.25) is 0 Å². The van der Waals surface area contributed by atoms with Gasteiger partial charge >= 0.3 is 0 Å². The topological polar surface area (TPSA) is 32.5 Å². The monoisotopic (exact) mass is 185 g/mol. The molecule has 1 aliphatic heterocycles. The number of likely N-dealkylation sites (tertiary alicyclic amines) is 1. The third-order valence-corrected chi connectivity index (χ3v) is 2.91. The Bertz CT molecular complexity index is 147. The van der Waals surface area contributed by atoms with Gasteiger partial charge in [0.1, 0.15) is 0 Å². The Balaban J connectivity index is 2.43. The molecule has 1 saturated heterocycles. The molecule has 0 bridgehead atoms. The zero-order valence-corrected chi connectivity index (χ0v) is 9.16. The van der Waals surface area contributed by atoms with Crippen LogP contribution in [-0.2, 0) is 0 Å². The molecule has 1 heterocycles. The van der Waals surface area contributed by atoms with Crippen LogP contribution in [0.5, 0.6) is 0 Å². The van der Waals surface area contributed by atoms with Crippen LogP contribution in [-0.4, -0.2) is 55.6 Å². The second kappa shape index (κ2) is 4.94. The van der Waals surface area contributed by atoms with Gasteiger partial charge in [0.25, 0.3) is 0 Å². The summed E-state index contributed by atoms with van der Waals surface area (Å²) in [5, 5.41) is 0. The van der Waals surface area contributed by atoms with Gasteiger partial charge in [-0.1, -0.05) is 0 Å². The maximum Gasteiger partial charge on any atom is 0.0226 e. The van der Waals surface area contributed by atoms with E-state index in [1.54, 1.807) is 0 Å². The van der Waals surface area contributed by atoms with Crippen molar-refractivity contribution in [3.05, 3.63) is 0 Å². The quantitative estimate of drug-likeness (QED) is 0.686. The van der Waals surface area contributed by atoms with E-state index < -0.39 is 0 Å². The van der Waals surface area contributed by atoms with E-state index in [1.807, 2.05) is 0 Å². The average Bonchev–Trinajstić information content (AvgIpc) is 2.50. The molecule has 0 aromatic heterocycles. The molecule has 2 unspecified atom stereocenters. The van der Waals surface area contributed by atoms with Crippen molar-refractivity contribution in [3.8, 4) is 0 Å². The Kier molecular flexibility index (Phi) is 4.16. The SMILES string of the molecule is CC(CN)N1CCCC1CN(C)C. The minimum atomic E-state index is 0.549. The maximum atomic E-state index is 5.69. The molecule has 0 aromatic rings. The van der Waals surface area contributed by atoms with Gasteiger partial charge in [0.05, 0.1) is 0 Å². The second-order valence-electron chi connectivity index (χ2n) is 4.38. The summed E-state index contributed by atoms with van der Waals surface area (Å²) in [7, 11) is 4.28. The molecule has 1 fully saturated rings. The van der Waals surface area contributed by atoms with Crippen molar-refractivity contribution in [2.24, 2.45) is 5.73 Å². The van der Waals surface area contributed by atoms with Crippen LogP contribution in [0, 0.1) is 0 Å². The number of nitrogens with zero attached hydrogens (tertiary/aromatic N) is 2. The number of hydrogen-bond acceptors (Lipinski definition) is 3. The van der Waals surface area contributed by atoms with Crippen LogP contribution in [0.4, 0.5) is 0 Å². The molecule has 13 heavy (non-hydrogen) atoms. The third-order valence-electron chi connectivity index (χ3n) is 2.91. The Morgan fingerprint density at radius 2 is 2.23 bits per heavy atom. The molecule has 78 valence electrons. The summed E-state index contributed by atoms with van der Waals surface area (Å²) in [6.45, 7) is 5.42. The lowest BCUT2D eigenvalue weighted by molar-refractivity contribution is 0.165. The molecule has 1 aliphatic rings. The second-order valence-corrected chi connectivity index (χ2v) is 4.38. The molecular formula is C10H23N3. The van der Waals surface area contributed by atoms with Crippen molar-refractivity contribution in [3.63, 3.8) is 0 Å². The predicted octanol–water partition coefficient (Wildman–Crippen LogP) is 0.360. The number of nitrogens with two attached hydrogens (primary N) is 1. The maximum absolute atomic E-state index is 5.69. The summed E-state index contributed by atoms with van der Waals surface area (Å²) in [6, 6.07) is 1.28. The fraction of sp³-hybridized carbons (Fsp3) is 1.00. The van der Waals surface area contributed by atoms with Gasteiger partial charge in [0.2, 0.25) is 0 Å². The molecule has 0 amide bonds. The lowest BCUT2D eigenvalue weighted by atomic mass is 10.2. The van der Waals surface area contributed by atoms with Gasteiger partial charge in [-0.2, -0.15) is 0 Å². The Hall–Kier alpha value is -0.120. The molecule has 2 atom stereocenters. The lowest BCUT2D eigenvalue weighted by Crippen LogP contribution is -2.45. The summed E-state index contributed by atoms with van der Waals surface area (Å²) in [4.78, 5) is 4.83. The van der Waals surface area contributed by atoms with E-state index in [9.17, 15) is 0 Å². The van der Waals surface area contributed by atoms with E-state index in [4.69, 9.17) is 5.73 Å². The largest absolute Gasteiger partial charge is 0.329 e. The van der Waals surface area contributed by atoms with Crippen molar-refractivity contribution in [2.45, 2.75) is 31.8 Å². The summed E-state index contributed by atoms with van der Waals surface area (Å²) in [5.41, 5.74) is 5.69. The normalized spacial score (nSPS) is 27.0. The number of rotatable bonds is 4. The van der Waals surface area contributed by atoms with Crippen molar-refractivity contribution < 1.29 is 0 Å². The molecular weight excluding hydrogens is 162 g/mol. The first-order valence-corrected chi connectivity index (χ1v) is 5.25. The van der Waals surface area contributed by atoms with E-state index >= 15 is 0 Å². The standard InChI is InChI=1S/C10H23N3/c1-9(7-11)13-6-4-5-10(13)8-12(2)3/h9-10H,4-8,11H2,1-3H3. The highest BCUT2D eigenvalue weighted by molar-refractivity contribution is 4.84. The van der Waals surface area contributed by atoms with Crippen LogP contribution in [0.3, 0.4) is 0 Å². The number of likely N-dealkylation sites (N-methyl/N-ethyl adjacent to an activating group) is 1. The molecule has 3 heteroatoms. The van der Waals surface area contributed by atoms with Crippen LogP contribution < -0.4 is 5.73 Å². The summed E-state index contributed by atoms with van der Waals surface area (Å²) in [6.07, 6.45) is 2.67. The van der Waals surface area contributed by atoms with Gasteiger partial charge in [-0.3, -0.25) is 4.90 Å². The summed E-state index contributed by atoms with van der Waals surface area (Å²) in [5.74, 6) is 0. The highest BCUT2D eigenvalue weighted by Crippen LogP contribution is 2.19. The average molecular weight is 185 g/mol. The zero-order chi connectivity index (χ0) is 9.84. The van der Waals surface area contributed by atoms with E-state index in [2.05, 4.69) is 30.8 Å². The van der Waals surface area contributed by atoms with Crippen LogP contribution in [0.25, 0.3) is 0 Å². The smallest absolute Gasteiger partial charge is 0.0226 e. The van der Waals surface area contributed by atoms with E-state index in [1.165, 1.54) is 25.9 Å². The Labute approximate surface area is 81.9 Å². The van der Waals surface area contributed by atoms with Crippen molar-refractivity contribution >= 4 is 0 Å². The van der Waals surface area contributed by atoms with Gasteiger partial charge < -0.3 is 10.6 Å². The first kappa shape index (κ1) is 11.0. The molecule has 0 aliphatic carbocycles. The van der Waals surface area contributed by atoms with Gasteiger partial charge in [0, 0.05) is 25.2 Å². The highest BCUT2D eigenvalue weighted by atomic mass is 15.2.